The third kappa shape index (κ3) is 4.03. The average Bonchev–Trinajstić information content (AvgIpc) is 2.60. The van der Waals surface area contributed by atoms with E-state index in [9.17, 15) is 4.79 Å². The summed E-state index contributed by atoms with van der Waals surface area (Å²) in [5, 5.41) is 1.04. The summed E-state index contributed by atoms with van der Waals surface area (Å²) in [5.74, 6) is 0. The van der Waals surface area contributed by atoms with Gasteiger partial charge >= 0.3 is 0 Å². The molecule has 0 spiro atoms. The van der Waals surface area contributed by atoms with Gasteiger partial charge in [0.1, 0.15) is 0 Å². The molecule has 136 valence electrons. The van der Waals surface area contributed by atoms with E-state index < -0.39 is 5.54 Å². The number of nitrogens with two attached hydrogens (primary N) is 1. The van der Waals surface area contributed by atoms with E-state index in [4.69, 9.17) is 5.73 Å². The predicted molar refractivity (Wildman–Crippen MR) is 108 cm³/mol. The lowest BCUT2D eigenvalue weighted by Gasteiger charge is -2.31. The van der Waals surface area contributed by atoms with Crippen LogP contribution in [0.2, 0.25) is 0 Å². The van der Waals surface area contributed by atoms with Crippen molar-refractivity contribution in [2.75, 3.05) is 13.6 Å². The summed E-state index contributed by atoms with van der Waals surface area (Å²) < 4.78 is 0. The molecule has 1 aromatic heterocycles. The Morgan fingerprint density at radius 3 is 2.54 bits per heavy atom. The second-order valence-electron chi connectivity index (χ2n) is 7.35. The van der Waals surface area contributed by atoms with Gasteiger partial charge in [-0.15, -0.1) is 0 Å². The van der Waals surface area contributed by atoms with E-state index in [-0.39, 0.29) is 5.56 Å². The third-order valence-corrected chi connectivity index (χ3v) is 4.86. The highest BCUT2D eigenvalue weighted by Gasteiger charge is 2.23. The maximum Gasteiger partial charge on any atom is 0.251 e. The number of nitrogens with zero attached hydrogens (tertiary/aromatic N) is 1. The first-order valence-electron chi connectivity index (χ1n) is 9.07. The van der Waals surface area contributed by atoms with Crippen molar-refractivity contribution < 1.29 is 0 Å². The Morgan fingerprint density at radius 1 is 1.12 bits per heavy atom. The Balaban J connectivity index is 1.83. The minimum atomic E-state index is -0.516. The fraction of sp³-hybridized carbons (Fsp3) is 0.318. The third-order valence-electron chi connectivity index (χ3n) is 4.86. The molecule has 1 unspecified atom stereocenters. The minimum absolute atomic E-state index is 0.0166. The lowest BCUT2D eigenvalue weighted by molar-refractivity contribution is 0.253. The van der Waals surface area contributed by atoms with Gasteiger partial charge in [-0.25, -0.2) is 0 Å². The van der Waals surface area contributed by atoms with E-state index >= 15 is 0 Å². The molecule has 26 heavy (non-hydrogen) atoms. The predicted octanol–water partition coefficient (Wildman–Crippen LogP) is 3.40. The molecule has 0 radical (unpaired) electrons. The largest absolute Gasteiger partial charge is 0.322 e. The standard InChI is InChI=1S/C22H27N3O/c1-4-17-12-18-10-11-19(13-20(18)24-21(17)26)22(2,23)15-25(3)14-16-8-6-5-7-9-16/h5-13H,4,14-15,23H2,1-3H3,(H,24,26). The molecule has 1 heterocycles. The fourth-order valence-corrected chi connectivity index (χ4v) is 3.47. The molecule has 0 saturated heterocycles. The number of aromatic nitrogens is 1. The zero-order chi connectivity index (χ0) is 18.7. The molecule has 2 aromatic carbocycles. The number of likely N-dealkylation sites (N-methyl/N-ethyl adjacent to an activating group) is 1. The van der Waals surface area contributed by atoms with Gasteiger partial charge in [0, 0.05) is 24.2 Å². The van der Waals surface area contributed by atoms with Crippen LogP contribution in [-0.2, 0) is 18.5 Å². The highest BCUT2D eigenvalue weighted by Crippen LogP contribution is 2.23. The molecular formula is C22H27N3O. The number of pyridine rings is 1. The maximum absolute atomic E-state index is 12.1. The monoisotopic (exact) mass is 349 g/mol. The van der Waals surface area contributed by atoms with Crippen LogP contribution < -0.4 is 11.3 Å². The normalized spacial score (nSPS) is 13.9. The van der Waals surface area contributed by atoms with E-state index in [1.165, 1.54) is 5.56 Å². The second kappa shape index (κ2) is 7.44. The van der Waals surface area contributed by atoms with Crippen LogP contribution in [0.25, 0.3) is 10.9 Å². The number of hydrogen-bond donors (Lipinski definition) is 2. The summed E-state index contributed by atoms with van der Waals surface area (Å²) in [6.45, 7) is 5.58. The fourth-order valence-electron chi connectivity index (χ4n) is 3.47. The summed E-state index contributed by atoms with van der Waals surface area (Å²) in [6, 6.07) is 18.5. The molecular weight excluding hydrogens is 322 g/mol. The van der Waals surface area contributed by atoms with Crippen molar-refractivity contribution >= 4 is 10.9 Å². The highest BCUT2D eigenvalue weighted by molar-refractivity contribution is 5.80. The molecule has 3 aromatic rings. The molecule has 0 saturated carbocycles. The van der Waals surface area contributed by atoms with Crippen molar-refractivity contribution in [2.24, 2.45) is 5.73 Å². The molecule has 0 bridgehead atoms. The zero-order valence-electron chi connectivity index (χ0n) is 15.8. The van der Waals surface area contributed by atoms with E-state index in [1.807, 2.05) is 38.1 Å². The zero-order valence-corrected chi connectivity index (χ0v) is 15.8. The van der Waals surface area contributed by atoms with E-state index in [1.54, 1.807) is 0 Å². The molecule has 3 rings (SSSR count). The van der Waals surface area contributed by atoms with Crippen molar-refractivity contribution in [1.29, 1.82) is 0 Å². The van der Waals surface area contributed by atoms with Gasteiger partial charge in [0.2, 0.25) is 0 Å². The SMILES string of the molecule is CCc1cc2ccc(C(C)(N)CN(C)Cc3ccccc3)cc2[nH]c1=O. The summed E-state index contributed by atoms with van der Waals surface area (Å²) in [6.07, 6.45) is 0.728. The number of hydrogen-bond acceptors (Lipinski definition) is 3. The number of aromatic amines is 1. The number of H-pyrrole nitrogens is 1. The molecule has 0 aliphatic heterocycles. The Labute approximate surface area is 154 Å². The molecule has 0 aliphatic carbocycles. The summed E-state index contributed by atoms with van der Waals surface area (Å²) in [4.78, 5) is 17.3. The van der Waals surface area contributed by atoms with Gasteiger partial charge in [0.15, 0.2) is 0 Å². The maximum atomic E-state index is 12.1. The molecule has 0 amide bonds. The van der Waals surface area contributed by atoms with Gasteiger partial charge in [-0.3, -0.25) is 9.69 Å². The van der Waals surface area contributed by atoms with Crippen LogP contribution in [0.4, 0.5) is 0 Å². The van der Waals surface area contributed by atoms with Crippen LogP contribution in [0.3, 0.4) is 0 Å². The van der Waals surface area contributed by atoms with Gasteiger partial charge in [0.05, 0.1) is 5.54 Å². The number of rotatable bonds is 6. The van der Waals surface area contributed by atoms with Crippen LogP contribution in [0.5, 0.6) is 0 Å². The Hall–Kier alpha value is -2.43. The van der Waals surface area contributed by atoms with Crippen LogP contribution in [0, 0.1) is 0 Å². The Bertz CT molecular complexity index is 945. The van der Waals surface area contributed by atoms with Gasteiger partial charge in [-0.05, 0) is 49.0 Å². The van der Waals surface area contributed by atoms with Crippen LogP contribution in [0.15, 0.2) is 59.4 Å². The van der Waals surface area contributed by atoms with Crippen molar-refractivity contribution in [3.8, 4) is 0 Å². The van der Waals surface area contributed by atoms with Gasteiger partial charge in [-0.2, -0.15) is 0 Å². The number of aryl methyl sites for hydroxylation is 1. The smallest absolute Gasteiger partial charge is 0.251 e. The van der Waals surface area contributed by atoms with Crippen molar-refractivity contribution in [2.45, 2.75) is 32.4 Å². The summed E-state index contributed by atoms with van der Waals surface area (Å²) in [5.41, 5.74) is 10.0. The quantitative estimate of drug-likeness (QED) is 0.717. The van der Waals surface area contributed by atoms with Crippen LogP contribution in [-0.4, -0.2) is 23.5 Å². The lowest BCUT2D eigenvalue weighted by atomic mass is 9.91. The van der Waals surface area contributed by atoms with Gasteiger partial charge in [0.25, 0.3) is 5.56 Å². The molecule has 1 atom stereocenters. The Morgan fingerprint density at radius 2 is 1.85 bits per heavy atom. The Kier molecular flexibility index (Phi) is 5.25. The molecule has 4 heteroatoms. The topological polar surface area (TPSA) is 62.1 Å². The molecule has 0 fully saturated rings. The molecule has 3 N–H and O–H groups in total. The van der Waals surface area contributed by atoms with E-state index in [2.05, 4.69) is 47.3 Å². The summed E-state index contributed by atoms with van der Waals surface area (Å²) in [7, 11) is 2.08. The number of benzene rings is 2. The van der Waals surface area contributed by atoms with Gasteiger partial charge < -0.3 is 10.7 Å². The minimum Gasteiger partial charge on any atom is -0.322 e. The summed E-state index contributed by atoms with van der Waals surface area (Å²) >= 11 is 0. The first-order chi connectivity index (χ1) is 12.4. The first kappa shape index (κ1) is 18.4. The number of fused-ring (bicyclic) bond motifs is 1. The van der Waals surface area contributed by atoms with E-state index in [0.717, 1.165) is 35.0 Å². The lowest BCUT2D eigenvalue weighted by Crippen LogP contribution is -2.43. The van der Waals surface area contributed by atoms with Crippen molar-refractivity contribution in [3.05, 3.63) is 81.6 Å². The molecule has 0 aliphatic rings. The van der Waals surface area contributed by atoms with Crippen molar-refractivity contribution in [3.63, 3.8) is 0 Å². The molecule has 4 nitrogen and oxygen atoms in total. The van der Waals surface area contributed by atoms with Crippen LogP contribution in [0.1, 0.15) is 30.5 Å². The average molecular weight is 349 g/mol. The van der Waals surface area contributed by atoms with Crippen LogP contribution >= 0.6 is 0 Å². The first-order valence-corrected chi connectivity index (χ1v) is 9.07. The second-order valence-corrected chi connectivity index (χ2v) is 7.35. The van der Waals surface area contributed by atoms with E-state index in [0.29, 0.717) is 6.54 Å². The number of nitrogens with one attached hydrogen (secondary N) is 1. The van der Waals surface area contributed by atoms with Crippen molar-refractivity contribution in [1.82, 2.24) is 9.88 Å². The van der Waals surface area contributed by atoms with Gasteiger partial charge in [-0.1, -0.05) is 49.4 Å². The highest BCUT2D eigenvalue weighted by atomic mass is 16.1.